The van der Waals surface area contributed by atoms with E-state index in [1.54, 1.807) is 0 Å². The summed E-state index contributed by atoms with van der Waals surface area (Å²) >= 11 is 0. The fourth-order valence-corrected chi connectivity index (χ4v) is 8.57. The van der Waals surface area contributed by atoms with E-state index in [2.05, 4.69) is 51.2 Å². The molecule has 0 aliphatic carbocycles. The molecular weight excluding hydrogens is 829 g/mol. The summed E-state index contributed by atoms with van der Waals surface area (Å²) in [5.41, 5.74) is 0. The number of hydrogen-bond donors (Lipinski definition) is 0. The molecule has 67 heavy (non-hydrogen) atoms. The predicted octanol–water partition coefficient (Wildman–Crippen LogP) is 19.4. The van der Waals surface area contributed by atoms with Gasteiger partial charge in [0.15, 0.2) is 6.10 Å². The number of allylic oxidation sites excluding steroid dienone is 8. The highest BCUT2D eigenvalue weighted by Crippen LogP contribution is 2.17. The summed E-state index contributed by atoms with van der Waals surface area (Å²) in [6.45, 7) is 6.53. The molecule has 1 atom stereocenters. The van der Waals surface area contributed by atoms with E-state index in [-0.39, 0.29) is 31.1 Å². The van der Waals surface area contributed by atoms with Crippen molar-refractivity contribution >= 4 is 17.9 Å². The molecule has 0 rings (SSSR count). The third-order valence-corrected chi connectivity index (χ3v) is 12.9. The number of hydrogen-bond acceptors (Lipinski definition) is 6. The molecule has 0 N–H and O–H groups in total. The third-order valence-electron chi connectivity index (χ3n) is 12.9. The molecule has 0 aromatic rings. The Kier molecular flexibility index (Phi) is 53.8. The molecule has 0 aliphatic rings. The van der Waals surface area contributed by atoms with Crippen LogP contribution in [0.1, 0.15) is 303 Å². The lowest BCUT2D eigenvalue weighted by molar-refractivity contribution is -0.167. The molecule has 0 fully saturated rings. The Balaban J connectivity index is 4.36. The van der Waals surface area contributed by atoms with Gasteiger partial charge in [0.25, 0.3) is 0 Å². The molecule has 0 aromatic heterocycles. The number of ether oxygens (including phenoxy) is 3. The molecule has 0 bridgehead atoms. The van der Waals surface area contributed by atoms with Crippen LogP contribution in [0.2, 0.25) is 0 Å². The van der Waals surface area contributed by atoms with Crippen molar-refractivity contribution in [2.24, 2.45) is 0 Å². The van der Waals surface area contributed by atoms with E-state index in [0.29, 0.717) is 19.3 Å². The Morgan fingerprint density at radius 1 is 0.313 bits per heavy atom. The summed E-state index contributed by atoms with van der Waals surface area (Å²) in [5.74, 6) is -0.882. The zero-order valence-corrected chi connectivity index (χ0v) is 44.7. The van der Waals surface area contributed by atoms with Crippen molar-refractivity contribution < 1.29 is 28.6 Å². The summed E-state index contributed by atoms with van der Waals surface area (Å²) in [5, 5.41) is 0. The molecule has 0 amide bonds. The van der Waals surface area contributed by atoms with Crippen LogP contribution >= 0.6 is 0 Å². The number of carbonyl (C=O) groups excluding carboxylic acids is 3. The Morgan fingerprint density at radius 3 is 0.910 bits per heavy atom. The Bertz CT molecular complexity index is 1170. The van der Waals surface area contributed by atoms with Crippen LogP contribution in [-0.4, -0.2) is 37.2 Å². The van der Waals surface area contributed by atoms with E-state index in [1.165, 1.54) is 180 Å². The second-order valence-corrected chi connectivity index (χ2v) is 19.6. The molecule has 0 aliphatic heterocycles. The van der Waals surface area contributed by atoms with Crippen LogP contribution in [0.5, 0.6) is 0 Å². The first-order chi connectivity index (χ1) is 33.0. The van der Waals surface area contributed by atoms with Crippen LogP contribution in [0, 0.1) is 0 Å². The van der Waals surface area contributed by atoms with E-state index in [4.69, 9.17) is 14.2 Å². The topological polar surface area (TPSA) is 78.9 Å². The van der Waals surface area contributed by atoms with Gasteiger partial charge in [-0.05, 0) is 38.5 Å². The summed E-state index contributed by atoms with van der Waals surface area (Å²) in [4.78, 5) is 38.2. The van der Waals surface area contributed by atoms with E-state index in [9.17, 15) is 14.4 Å². The van der Waals surface area contributed by atoms with Crippen molar-refractivity contribution in [3.8, 4) is 0 Å². The van der Waals surface area contributed by atoms with Gasteiger partial charge in [0.05, 0.1) is 0 Å². The molecule has 0 aromatic carbocycles. The van der Waals surface area contributed by atoms with Crippen LogP contribution in [0.25, 0.3) is 0 Å². The molecule has 6 nitrogen and oxygen atoms in total. The van der Waals surface area contributed by atoms with Gasteiger partial charge >= 0.3 is 17.9 Å². The van der Waals surface area contributed by atoms with Gasteiger partial charge in [0, 0.05) is 19.3 Å². The highest BCUT2D eigenvalue weighted by atomic mass is 16.6. The number of rotatable bonds is 53. The minimum atomic E-state index is -0.779. The quantitative estimate of drug-likeness (QED) is 0.0262. The van der Waals surface area contributed by atoms with E-state index in [1.807, 2.05) is 18.2 Å². The first kappa shape index (κ1) is 64.4. The maximum atomic E-state index is 12.9. The van der Waals surface area contributed by atoms with Crippen molar-refractivity contribution in [1.82, 2.24) is 0 Å². The molecule has 0 heterocycles. The predicted molar refractivity (Wildman–Crippen MR) is 289 cm³/mol. The summed E-state index contributed by atoms with van der Waals surface area (Å²) in [6, 6.07) is 0. The Labute approximate surface area is 416 Å². The van der Waals surface area contributed by atoms with Gasteiger partial charge in [-0.25, -0.2) is 0 Å². The highest BCUT2D eigenvalue weighted by molar-refractivity contribution is 5.71. The molecular formula is C61H110O6. The SMILES string of the molecule is CC\C=C/C=C\C=C/C=C\CCCCCCCC(=O)OCC(COC(=O)CCCCCCCCCCCCCCCCCCC)OC(=O)CCCCCCCCCCCCCCCCCCC. The smallest absolute Gasteiger partial charge is 0.306 e. The van der Waals surface area contributed by atoms with Gasteiger partial charge in [-0.2, -0.15) is 0 Å². The van der Waals surface area contributed by atoms with E-state index < -0.39 is 6.10 Å². The van der Waals surface area contributed by atoms with Crippen LogP contribution < -0.4 is 0 Å². The second-order valence-electron chi connectivity index (χ2n) is 19.6. The average Bonchev–Trinajstić information content (AvgIpc) is 3.33. The molecule has 0 saturated heterocycles. The van der Waals surface area contributed by atoms with Gasteiger partial charge in [-0.1, -0.05) is 294 Å². The van der Waals surface area contributed by atoms with Crippen molar-refractivity contribution in [3.05, 3.63) is 48.6 Å². The lowest BCUT2D eigenvalue weighted by Gasteiger charge is -2.18. The normalized spacial score (nSPS) is 12.3. The van der Waals surface area contributed by atoms with Crippen molar-refractivity contribution in [2.75, 3.05) is 13.2 Å². The number of esters is 3. The fourth-order valence-electron chi connectivity index (χ4n) is 8.57. The van der Waals surface area contributed by atoms with Crippen LogP contribution in [0.4, 0.5) is 0 Å². The van der Waals surface area contributed by atoms with E-state index >= 15 is 0 Å². The molecule has 1 unspecified atom stereocenters. The van der Waals surface area contributed by atoms with Gasteiger partial charge < -0.3 is 14.2 Å². The van der Waals surface area contributed by atoms with Gasteiger partial charge in [0.2, 0.25) is 0 Å². The maximum absolute atomic E-state index is 12.9. The molecule has 0 spiro atoms. The second kappa shape index (κ2) is 56.0. The van der Waals surface area contributed by atoms with Crippen LogP contribution in [0.15, 0.2) is 48.6 Å². The first-order valence-corrected chi connectivity index (χ1v) is 29.2. The van der Waals surface area contributed by atoms with Crippen molar-refractivity contribution in [2.45, 2.75) is 309 Å². The maximum Gasteiger partial charge on any atom is 0.306 e. The summed E-state index contributed by atoms with van der Waals surface area (Å²) in [7, 11) is 0. The zero-order valence-electron chi connectivity index (χ0n) is 44.7. The third kappa shape index (κ3) is 54.2. The molecule has 0 saturated carbocycles. The zero-order chi connectivity index (χ0) is 48.6. The van der Waals surface area contributed by atoms with E-state index in [0.717, 1.165) is 83.5 Å². The minimum Gasteiger partial charge on any atom is -0.462 e. The van der Waals surface area contributed by atoms with Crippen molar-refractivity contribution in [1.29, 1.82) is 0 Å². The average molecular weight is 940 g/mol. The Hall–Kier alpha value is -2.63. The fraction of sp³-hybridized carbons (Fsp3) is 0.820. The Morgan fingerprint density at radius 2 is 0.582 bits per heavy atom. The highest BCUT2D eigenvalue weighted by Gasteiger charge is 2.19. The lowest BCUT2D eigenvalue weighted by atomic mass is 10.0. The van der Waals surface area contributed by atoms with Crippen LogP contribution in [0.3, 0.4) is 0 Å². The minimum absolute atomic E-state index is 0.0763. The molecule has 390 valence electrons. The van der Waals surface area contributed by atoms with Gasteiger partial charge in [-0.3, -0.25) is 14.4 Å². The largest absolute Gasteiger partial charge is 0.462 e. The number of carbonyl (C=O) groups is 3. The molecule has 6 heteroatoms. The first-order valence-electron chi connectivity index (χ1n) is 29.2. The standard InChI is InChI=1S/C61H110O6/c1-4-7-10-13-16-19-22-25-28-30-33-36-39-42-45-48-51-54-60(63)66-57-58(56-65-59(62)53-50-47-44-41-38-35-32-27-24-21-18-15-12-9-6-3)67-61(64)55-52-49-46-43-40-37-34-31-29-26-23-20-17-14-11-8-5-2/h9,12,15,18,21,24,27,32,58H,4-8,10-11,13-14,16-17,19-20,22-23,25-26,28-31,33-57H2,1-3H3/b12-9-,18-15-,24-21-,32-27-. The summed E-state index contributed by atoms with van der Waals surface area (Å²) < 4.78 is 16.9. The lowest BCUT2D eigenvalue weighted by Crippen LogP contribution is -2.30. The summed E-state index contributed by atoms with van der Waals surface area (Å²) in [6.07, 6.45) is 68.1. The monoisotopic (exact) mass is 939 g/mol. The number of unbranched alkanes of at least 4 members (excludes halogenated alkanes) is 37. The van der Waals surface area contributed by atoms with Crippen LogP contribution in [-0.2, 0) is 28.6 Å². The van der Waals surface area contributed by atoms with Gasteiger partial charge in [-0.15, -0.1) is 0 Å². The van der Waals surface area contributed by atoms with Gasteiger partial charge in [0.1, 0.15) is 13.2 Å². The van der Waals surface area contributed by atoms with Crippen molar-refractivity contribution in [3.63, 3.8) is 0 Å². The molecule has 0 radical (unpaired) electrons.